The molecule has 0 saturated heterocycles. The maximum Gasteiger partial charge on any atom is 0.240 e. The summed E-state index contributed by atoms with van der Waals surface area (Å²) in [6.45, 7) is 0.661. The Balaban J connectivity index is 1.67. The molecule has 1 fully saturated rings. The zero-order valence-electron chi connectivity index (χ0n) is 13.0. The highest BCUT2D eigenvalue weighted by Crippen LogP contribution is 2.23. The van der Waals surface area contributed by atoms with Crippen LogP contribution in [0.1, 0.15) is 18.4 Å². The van der Waals surface area contributed by atoms with Gasteiger partial charge in [0.1, 0.15) is 0 Å². The van der Waals surface area contributed by atoms with Crippen molar-refractivity contribution in [2.75, 3.05) is 11.6 Å². The van der Waals surface area contributed by atoms with E-state index in [1.165, 1.54) is 4.90 Å². The molecule has 1 aliphatic carbocycles. The molecule has 0 unspecified atom stereocenters. The first-order chi connectivity index (χ1) is 11.1. The summed E-state index contributed by atoms with van der Waals surface area (Å²) < 4.78 is 27.2. The van der Waals surface area contributed by atoms with Crippen LogP contribution in [0, 0.1) is 0 Å². The molecule has 0 radical (unpaired) electrons. The number of hydrogen-bond donors (Lipinski definition) is 2. The van der Waals surface area contributed by atoms with Crippen molar-refractivity contribution in [2.24, 2.45) is 0 Å². The van der Waals surface area contributed by atoms with Gasteiger partial charge < -0.3 is 5.32 Å². The normalized spacial score (nSPS) is 14.7. The molecule has 2 aromatic rings. The molecule has 0 aromatic heterocycles. The Morgan fingerprint density at radius 3 is 2.52 bits per heavy atom. The third kappa shape index (κ3) is 4.50. The second kappa shape index (κ2) is 6.95. The highest BCUT2D eigenvalue weighted by Gasteiger charge is 2.27. The highest BCUT2D eigenvalue weighted by molar-refractivity contribution is 7.98. The van der Waals surface area contributed by atoms with Crippen LogP contribution in [0.3, 0.4) is 0 Å². The molecule has 0 spiro atoms. The molecular formula is C17H20N2O2S2. The van der Waals surface area contributed by atoms with Crippen LogP contribution in [0.25, 0.3) is 0 Å². The van der Waals surface area contributed by atoms with E-state index >= 15 is 0 Å². The van der Waals surface area contributed by atoms with Gasteiger partial charge in [-0.25, -0.2) is 13.1 Å². The average molecular weight is 348 g/mol. The maximum atomic E-state index is 12.2. The van der Waals surface area contributed by atoms with Crippen molar-refractivity contribution in [1.82, 2.24) is 4.72 Å². The Kier molecular flexibility index (Phi) is 4.94. The Hall–Kier alpha value is -1.50. The van der Waals surface area contributed by atoms with Gasteiger partial charge >= 0.3 is 0 Å². The van der Waals surface area contributed by atoms with Gasteiger partial charge in [-0.2, -0.15) is 0 Å². The number of sulfonamides is 1. The van der Waals surface area contributed by atoms with E-state index in [-0.39, 0.29) is 6.04 Å². The third-order valence-electron chi connectivity index (χ3n) is 3.70. The average Bonchev–Trinajstić information content (AvgIpc) is 3.37. The summed E-state index contributed by atoms with van der Waals surface area (Å²) >= 11 is 1.71. The number of hydrogen-bond acceptors (Lipinski definition) is 4. The zero-order chi connectivity index (χ0) is 16.3. The van der Waals surface area contributed by atoms with Crippen molar-refractivity contribution in [1.29, 1.82) is 0 Å². The van der Waals surface area contributed by atoms with Crippen LogP contribution in [-0.2, 0) is 16.6 Å². The number of nitrogens with one attached hydrogen (secondary N) is 2. The van der Waals surface area contributed by atoms with Crippen molar-refractivity contribution in [3.05, 3.63) is 54.1 Å². The highest BCUT2D eigenvalue weighted by atomic mass is 32.2. The van der Waals surface area contributed by atoms with Crippen LogP contribution in [-0.4, -0.2) is 20.7 Å². The molecule has 0 bridgehead atoms. The largest absolute Gasteiger partial charge is 0.381 e. The summed E-state index contributed by atoms with van der Waals surface area (Å²) in [4.78, 5) is 1.54. The van der Waals surface area contributed by atoms with E-state index in [4.69, 9.17) is 0 Å². The number of anilines is 1. The minimum absolute atomic E-state index is 0.117. The first-order valence-electron chi connectivity index (χ1n) is 7.56. The maximum absolute atomic E-state index is 12.2. The lowest BCUT2D eigenvalue weighted by atomic mass is 10.2. The van der Waals surface area contributed by atoms with E-state index in [0.717, 1.165) is 24.1 Å². The monoisotopic (exact) mass is 348 g/mol. The Bertz CT molecular complexity index is 769. The van der Waals surface area contributed by atoms with Gasteiger partial charge in [0, 0.05) is 23.2 Å². The van der Waals surface area contributed by atoms with Gasteiger partial charge in [-0.05, 0) is 55.0 Å². The summed E-state index contributed by atoms with van der Waals surface area (Å²) in [5.74, 6) is 0. The molecule has 0 amide bonds. The van der Waals surface area contributed by atoms with Crippen molar-refractivity contribution < 1.29 is 8.42 Å². The minimum atomic E-state index is -3.40. The quantitative estimate of drug-likeness (QED) is 0.752. The summed E-state index contributed by atoms with van der Waals surface area (Å²) in [5, 5.41) is 3.28. The fourth-order valence-corrected chi connectivity index (χ4v) is 3.97. The molecule has 23 heavy (non-hydrogen) atoms. The van der Waals surface area contributed by atoms with Gasteiger partial charge in [-0.1, -0.05) is 18.2 Å². The second-order valence-electron chi connectivity index (χ2n) is 5.63. The predicted molar refractivity (Wildman–Crippen MR) is 95.3 cm³/mol. The van der Waals surface area contributed by atoms with Crippen LogP contribution < -0.4 is 10.0 Å². The minimum Gasteiger partial charge on any atom is -0.381 e. The van der Waals surface area contributed by atoms with Gasteiger partial charge in [-0.3, -0.25) is 0 Å². The van der Waals surface area contributed by atoms with E-state index in [1.54, 1.807) is 30.0 Å². The summed E-state index contributed by atoms with van der Waals surface area (Å²) in [5.41, 5.74) is 1.96. The topological polar surface area (TPSA) is 58.2 Å². The SMILES string of the molecule is CSc1ccc(CNc2cccc(S(=O)(=O)NC3CC3)c2)cc1. The molecule has 2 N–H and O–H groups in total. The van der Waals surface area contributed by atoms with Crippen molar-refractivity contribution in [3.8, 4) is 0 Å². The van der Waals surface area contributed by atoms with Crippen LogP contribution in [0.2, 0.25) is 0 Å². The molecule has 6 heteroatoms. The number of thioether (sulfide) groups is 1. The molecule has 3 rings (SSSR count). The first kappa shape index (κ1) is 16.4. The predicted octanol–water partition coefficient (Wildman–Crippen LogP) is 3.46. The van der Waals surface area contributed by atoms with E-state index in [9.17, 15) is 8.42 Å². The Morgan fingerprint density at radius 1 is 1.13 bits per heavy atom. The molecule has 0 aliphatic heterocycles. The molecule has 1 aliphatic rings. The smallest absolute Gasteiger partial charge is 0.240 e. The van der Waals surface area contributed by atoms with Crippen molar-refractivity contribution >= 4 is 27.5 Å². The van der Waals surface area contributed by atoms with Gasteiger partial charge in [0.2, 0.25) is 10.0 Å². The zero-order valence-corrected chi connectivity index (χ0v) is 14.6. The standard InChI is InChI=1S/C17H20N2O2S2/c1-22-16-9-5-13(6-10-16)12-18-15-3-2-4-17(11-15)23(20,21)19-14-7-8-14/h2-6,9-11,14,18-19H,7-8,12H2,1H3. The van der Waals surface area contributed by atoms with Crippen molar-refractivity contribution in [3.63, 3.8) is 0 Å². The van der Waals surface area contributed by atoms with E-state index in [0.29, 0.717) is 11.4 Å². The van der Waals surface area contributed by atoms with Gasteiger partial charge in [0.25, 0.3) is 0 Å². The summed E-state index contributed by atoms with van der Waals surface area (Å²) in [6, 6.07) is 15.4. The van der Waals surface area contributed by atoms with Gasteiger partial charge in [-0.15, -0.1) is 11.8 Å². The van der Waals surface area contributed by atoms with Crippen LogP contribution in [0.4, 0.5) is 5.69 Å². The molecule has 122 valence electrons. The molecule has 1 saturated carbocycles. The lowest BCUT2D eigenvalue weighted by Crippen LogP contribution is -2.25. The number of benzene rings is 2. The van der Waals surface area contributed by atoms with Crippen LogP contribution >= 0.6 is 11.8 Å². The van der Waals surface area contributed by atoms with E-state index < -0.39 is 10.0 Å². The first-order valence-corrected chi connectivity index (χ1v) is 10.3. The van der Waals surface area contributed by atoms with Gasteiger partial charge in [0.15, 0.2) is 0 Å². The fourth-order valence-electron chi connectivity index (χ4n) is 2.21. The number of rotatable bonds is 7. The molecule has 4 nitrogen and oxygen atoms in total. The Labute approximate surface area is 141 Å². The molecule has 2 aromatic carbocycles. The fraction of sp³-hybridized carbons (Fsp3) is 0.294. The van der Waals surface area contributed by atoms with Gasteiger partial charge in [0.05, 0.1) is 4.90 Å². The second-order valence-corrected chi connectivity index (χ2v) is 8.22. The summed E-state index contributed by atoms with van der Waals surface area (Å²) in [7, 11) is -3.40. The lowest BCUT2D eigenvalue weighted by Gasteiger charge is -2.10. The lowest BCUT2D eigenvalue weighted by molar-refractivity contribution is 0.581. The van der Waals surface area contributed by atoms with Crippen LogP contribution in [0.5, 0.6) is 0 Å². The summed E-state index contributed by atoms with van der Waals surface area (Å²) in [6.07, 6.45) is 3.92. The Morgan fingerprint density at radius 2 is 1.87 bits per heavy atom. The molecule has 0 atom stereocenters. The van der Waals surface area contributed by atoms with E-state index in [1.807, 2.05) is 6.07 Å². The van der Waals surface area contributed by atoms with E-state index in [2.05, 4.69) is 40.6 Å². The molecular weight excluding hydrogens is 328 g/mol. The molecule has 0 heterocycles. The third-order valence-corrected chi connectivity index (χ3v) is 5.96. The van der Waals surface area contributed by atoms with Crippen LogP contribution in [0.15, 0.2) is 58.3 Å². The van der Waals surface area contributed by atoms with Crippen molar-refractivity contribution in [2.45, 2.75) is 35.2 Å².